The molecule has 6 heteroatoms. The normalized spacial score (nSPS) is 11.0. The van der Waals surface area contributed by atoms with Crippen molar-refractivity contribution in [2.75, 3.05) is 18.5 Å². The van der Waals surface area contributed by atoms with Crippen LogP contribution in [0.1, 0.15) is 26.3 Å². The van der Waals surface area contributed by atoms with Gasteiger partial charge < -0.3 is 15.4 Å². The lowest BCUT2D eigenvalue weighted by Crippen LogP contribution is -2.45. The molecule has 2 amide bonds. The fourth-order valence-electron chi connectivity index (χ4n) is 2.47. The number of hydrogen-bond donors (Lipinski definition) is 2. The zero-order valence-electron chi connectivity index (χ0n) is 15.8. The highest BCUT2D eigenvalue weighted by molar-refractivity contribution is 6.10. The zero-order valence-corrected chi connectivity index (χ0v) is 15.8. The summed E-state index contributed by atoms with van der Waals surface area (Å²) in [4.78, 5) is 25.1. The molecule has 27 heavy (non-hydrogen) atoms. The third-order valence-electron chi connectivity index (χ3n) is 4.21. The number of carbonyl (C=O) groups excluding carboxylic acids is 2. The molecular formula is C21H25FN2O3. The molecule has 5 nitrogen and oxygen atoms in total. The van der Waals surface area contributed by atoms with E-state index in [0.717, 1.165) is 0 Å². The van der Waals surface area contributed by atoms with E-state index < -0.39 is 17.2 Å². The summed E-state index contributed by atoms with van der Waals surface area (Å²) < 4.78 is 19.1. The van der Waals surface area contributed by atoms with Gasteiger partial charge in [-0.05, 0) is 51.0 Å². The number of para-hydroxylation sites is 2. The van der Waals surface area contributed by atoms with Gasteiger partial charge in [0.1, 0.15) is 17.0 Å². The number of amides is 2. The van der Waals surface area contributed by atoms with Crippen molar-refractivity contribution in [3.8, 4) is 5.75 Å². The standard InChI is InChI=1S/C21H25FN2O3/c1-4-27-18-12-8-7-11-17(18)24-20(26)21(2,3)19(25)23-14-13-15-9-5-6-10-16(15)22/h5-12H,4,13-14H2,1-3H3,(H,23,25)(H,24,26). The first-order chi connectivity index (χ1) is 12.9. The Balaban J connectivity index is 1.96. The van der Waals surface area contributed by atoms with Crippen LogP contribution in [-0.2, 0) is 16.0 Å². The Morgan fingerprint density at radius 1 is 1.04 bits per heavy atom. The molecule has 0 bridgehead atoms. The maximum absolute atomic E-state index is 13.6. The first-order valence-electron chi connectivity index (χ1n) is 8.91. The smallest absolute Gasteiger partial charge is 0.239 e. The number of halogens is 1. The molecule has 0 aromatic heterocycles. The van der Waals surface area contributed by atoms with E-state index in [9.17, 15) is 14.0 Å². The summed E-state index contributed by atoms with van der Waals surface area (Å²) >= 11 is 0. The van der Waals surface area contributed by atoms with Crippen LogP contribution in [0.25, 0.3) is 0 Å². The summed E-state index contributed by atoms with van der Waals surface area (Å²) in [6.07, 6.45) is 0.350. The summed E-state index contributed by atoms with van der Waals surface area (Å²) in [5.74, 6) is -0.635. The number of carbonyl (C=O) groups is 2. The third-order valence-corrected chi connectivity index (χ3v) is 4.21. The number of rotatable bonds is 8. The Morgan fingerprint density at radius 3 is 2.41 bits per heavy atom. The van der Waals surface area contributed by atoms with E-state index in [-0.39, 0.29) is 12.4 Å². The predicted octanol–water partition coefficient (Wildman–Crippen LogP) is 3.55. The highest BCUT2D eigenvalue weighted by Crippen LogP contribution is 2.26. The summed E-state index contributed by atoms with van der Waals surface area (Å²) in [5.41, 5.74) is -0.267. The van der Waals surface area contributed by atoms with Gasteiger partial charge in [-0.3, -0.25) is 9.59 Å². The fourth-order valence-corrected chi connectivity index (χ4v) is 2.47. The highest BCUT2D eigenvalue weighted by Gasteiger charge is 2.36. The molecule has 0 heterocycles. The average Bonchev–Trinajstić information content (AvgIpc) is 2.65. The van der Waals surface area contributed by atoms with Crippen molar-refractivity contribution in [1.29, 1.82) is 0 Å². The van der Waals surface area contributed by atoms with Gasteiger partial charge in [-0.15, -0.1) is 0 Å². The van der Waals surface area contributed by atoms with E-state index in [4.69, 9.17) is 4.74 Å². The van der Waals surface area contributed by atoms with E-state index in [1.54, 1.807) is 56.3 Å². The van der Waals surface area contributed by atoms with Crippen LogP contribution in [-0.4, -0.2) is 25.0 Å². The second-order valence-electron chi connectivity index (χ2n) is 6.61. The van der Waals surface area contributed by atoms with E-state index >= 15 is 0 Å². The molecule has 0 saturated carbocycles. The molecule has 2 N–H and O–H groups in total. The Kier molecular flexibility index (Phi) is 6.93. The van der Waals surface area contributed by atoms with E-state index in [1.165, 1.54) is 6.07 Å². The molecule has 2 aromatic rings. The molecule has 2 aromatic carbocycles. The van der Waals surface area contributed by atoms with Crippen LogP contribution in [0.4, 0.5) is 10.1 Å². The lowest BCUT2D eigenvalue weighted by atomic mass is 9.90. The molecule has 0 atom stereocenters. The lowest BCUT2D eigenvalue weighted by Gasteiger charge is -2.23. The van der Waals surface area contributed by atoms with Crippen molar-refractivity contribution >= 4 is 17.5 Å². The largest absolute Gasteiger partial charge is 0.492 e. The van der Waals surface area contributed by atoms with Crippen molar-refractivity contribution in [1.82, 2.24) is 5.32 Å². The van der Waals surface area contributed by atoms with Crippen molar-refractivity contribution in [2.45, 2.75) is 27.2 Å². The number of nitrogens with one attached hydrogen (secondary N) is 2. The van der Waals surface area contributed by atoms with Crippen LogP contribution in [0.15, 0.2) is 48.5 Å². The first-order valence-corrected chi connectivity index (χ1v) is 8.91. The van der Waals surface area contributed by atoms with Crippen LogP contribution in [0.3, 0.4) is 0 Å². The Bertz CT molecular complexity index is 806. The summed E-state index contributed by atoms with van der Waals surface area (Å²) in [6, 6.07) is 13.5. The van der Waals surface area contributed by atoms with Gasteiger partial charge in [0.05, 0.1) is 12.3 Å². The Hall–Kier alpha value is -2.89. The molecule has 144 valence electrons. The van der Waals surface area contributed by atoms with Gasteiger partial charge in [-0.2, -0.15) is 0 Å². The topological polar surface area (TPSA) is 67.4 Å². The molecule has 0 aliphatic carbocycles. The highest BCUT2D eigenvalue weighted by atomic mass is 19.1. The van der Waals surface area contributed by atoms with Crippen LogP contribution in [0.2, 0.25) is 0 Å². The minimum Gasteiger partial charge on any atom is -0.492 e. The van der Waals surface area contributed by atoms with Crippen LogP contribution in [0, 0.1) is 11.2 Å². The predicted molar refractivity (Wildman–Crippen MR) is 103 cm³/mol. The lowest BCUT2D eigenvalue weighted by molar-refractivity contribution is -0.138. The summed E-state index contributed by atoms with van der Waals surface area (Å²) in [6.45, 7) is 5.65. The minimum absolute atomic E-state index is 0.242. The Morgan fingerprint density at radius 2 is 1.70 bits per heavy atom. The van der Waals surface area contributed by atoms with E-state index in [2.05, 4.69) is 10.6 Å². The minimum atomic E-state index is -1.30. The SMILES string of the molecule is CCOc1ccccc1NC(=O)C(C)(C)C(=O)NCCc1ccccc1F. The zero-order chi connectivity index (χ0) is 19.9. The van der Waals surface area contributed by atoms with Gasteiger partial charge in [-0.25, -0.2) is 4.39 Å². The number of anilines is 1. The van der Waals surface area contributed by atoms with Crippen molar-refractivity contribution < 1.29 is 18.7 Å². The summed E-state index contributed by atoms with van der Waals surface area (Å²) in [7, 11) is 0. The average molecular weight is 372 g/mol. The van der Waals surface area contributed by atoms with Gasteiger partial charge in [-0.1, -0.05) is 30.3 Å². The van der Waals surface area contributed by atoms with Crippen LogP contribution >= 0.6 is 0 Å². The molecular weight excluding hydrogens is 347 g/mol. The quantitative estimate of drug-likeness (QED) is 0.697. The number of ether oxygens (including phenoxy) is 1. The van der Waals surface area contributed by atoms with Crippen LogP contribution < -0.4 is 15.4 Å². The van der Waals surface area contributed by atoms with Crippen molar-refractivity contribution in [2.24, 2.45) is 5.41 Å². The second-order valence-corrected chi connectivity index (χ2v) is 6.61. The third kappa shape index (κ3) is 5.29. The second kappa shape index (κ2) is 9.16. The van der Waals surface area contributed by atoms with Crippen LogP contribution in [0.5, 0.6) is 5.75 Å². The molecule has 0 radical (unpaired) electrons. The maximum atomic E-state index is 13.6. The Labute approximate surface area is 158 Å². The number of hydrogen-bond acceptors (Lipinski definition) is 3. The van der Waals surface area contributed by atoms with Gasteiger partial charge in [0.2, 0.25) is 11.8 Å². The molecule has 0 aliphatic heterocycles. The van der Waals surface area contributed by atoms with Crippen molar-refractivity contribution in [3.05, 3.63) is 59.9 Å². The molecule has 0 aliphatic rings. The fraction of sp³-hybridized carbons (Fsp3) is 0.333. The maximum Gasteiger partial charge on any atom is 0.239 e. The summed E-state index contributed by atoms with van der Waals surface area (Å²) in [5, 5.41) is 5.46. The van der Waals surface area contributed by atoms with E-state index in [0.29, 0.717) is 30.0 Å². The van der Waals surface area contributed by atoms with E-state index in [1.807, 2.05) is 6.92 Å². The molecule has 0 saturated heterocycles. The first kappa shape index (κ1) is 20.4. The van der Waals surface area contributed by atoms with Crippen molar-refractivity contribution in [3.63, 3.8) is 0 Å². The van der Waals surface area contributed by atoms with Gasteiger partial charge in [0.25, 0.3) is 0 Å². The molecule has 0 unspecified atom stereocenters. The van der Waals surface area contributed by atoms with Gasteiger partial charge in [0.15, 0.2) is 0 Å². The monoisotopic (exact) mass is 372 g/mol. The van der Waals surface area contributed by atoms with Gasteiger partial charge >= 0.3 is 0 Å². The molecule has 2 rings (SSSR count). The molecule has 0 fully saturated rings. The number of benzene rings is 2. The van der Waals surface area contributed by atoms with Gasteiger partial charge in [0, 0.05) is 6.54 Å². The molecule has 0 spiro atoms.